The van der Waals surface area contributed by atoms with Gasteiger partial charge < -0.3 is 20.7 Å². The molecule has 8 nitrogen and oxygen atoms in total. The van der Waals surface area contributed by atoms with Gasteiger partial charge in [0, 0.05) is 38.6 Å². The first kappa shape index (κ1) is 21.7. The van der Waals surface area contributed by atoms with Crippen LogP contribution in [0.4, 0.5) is 17.5 Å². The van der Waals surface area contributed by atoms with Gasteiger partial charge in [0.05, 0.1) is 5.41 Å². The number of hydrogen-bond acceptors (Lipinski definition) is 7. The second kappa shape index (κ2) is 10.2. The van der Waals surface area contributed by atoms with Crippen LogP contribution in [0.15, 0.2) is 60.8 Å². The molecule has 2 aromatic heterocycles. The van der Waals surface area contributed by atoms with Crippen molar-refractivity contribution in [3.63, 3.8) is 0 Å². The van der Waals surface area contributed by atoms with Crippen LogP contribution in [0.25, 0.3) is 0 Å². The van der Waals surface area contributed by atoms with Crippen molar-refractivity contribution in [2.75, 3.05) is 36.9 Å². The molecule has 4 rings (SSSR count). The van der Waals surface area contributed by atoms with Crippen molar-refractivity contribution < 1.29 is 9.53 Å². The summed E-state index contributed by atoms with van der Waals surface area (Å²) >= 11 is 0. The molecule has 1 aromatic carbocycles. The zero-order chi connectivity index (χ0) is 22.2. The van der Waals surface area contributed by atoms with Crippen molar-refractivity contribution in [2.24, 2.45) is 0 Å². The van der Waals surface area contributed by atoms with E-state index >= 15 is 0 Å². The number of rotatable bonds is 8. The number of hydrogen-bond donors (Lipinski definition) is 3. The van der Waals surface area contributed by atoms with Gasteiger partial charge in [-0.3, -0.25) is 4.79 Å². The number of carbonyl (C=O) groups excluding carboxylic acids is 1. The first-order valence-corrected chi connectivity index (χ1v) is 10.8. The number of nitrogens with one attached hydrogen (secondary N) is 3. The summed E-state index contributed by atoms with van der Waals surface area (Å²) in [4.78, 5) is 26.3. The molecule has 3 N–H and O–H groups in total. The molecule has 8 heteroatoms. The van der Waals surface area contributed by atoms with Gasteiger partial charge >= 0.3 is 0 Å². The van der Waals surface area contributed by atoms with Crippen molar-refractivity contribution in [1.29, 1.82) is 0 Å². The van der Waals surface area contributed by atoms with Crippen LogP contribution in [0.1, 0.15) is 24.2 Å². The molecular weight excluding hydrogens is 404 g/mol. The number of anilines is 3. The highest BCUT2D eigenvalue weighted by Gasteiger charge is 2.41. The monoisotopic (exact) mass is 432 g/mol. The lowest BCUT2D eigenvalue weighted by Gasteiger charge is -2.36. The van der Waals surface area contributed by atoms with Crippen LogP contribution >= 0.6 is 0 Å². The average molecular weight is 433 g/mol. The molecule has 1 aliphatic heterocycles. The van der Waals surface area contributed by atoms with Crippen molar-refractivity contribution in [2.45, 2.75) is 25.2 Å². The predicted molar refractivity (Wildman–Crippen MR) is 124 cm³/mol. The van der Waals surface area contributed by atoms with Crippen LogP contribution in [0.2, 0.25) is 0 Å². The molecule has 3 aromatic rings. The zero-order valence-electron chi connectivity index (χ0n) is 18.2. The van der Waals surface area contributed by atoms with E-state index in [4.69, 9.17) is 4.74 Å². The first-order valence-electron chi connectivity index (χ1n) is 10.8. The Kier molecular flexibility index (Phi) is 6.91. The molecule has 0 spiro atoms. The number of ether oxygens (including phenoxy) is 1. The molecule has 0 unspecified atom stereocenters. The fourth-order valence-corrected chi connectivity index (χ4v) is 3.95. The number of aryl methyl sites for hydroxylation is 1. The quantitative estimate of drug-likeness (QED) is 0.470. The van der Waals surface area contributed by atoms with Crippen LogP contribution in [0.5, 0.6) is 0 Å². The lowest BCUT2D eigenvalue weighted by atomic mass is 9.73. The summed E-state index contributed by atoms with van der Waals surface area (Å²) in [5, 5.41) is 9.55. The summed E-state index contributed by atoms with van der Waals surface area (Å²) in [7, 11) is 0. The lowest BCUT2D eigenvalue weighted by Crippen LogP contribution is -2.49. The Balaban J connectivity index is 1.35. The van der Waals surface area contributed by atoms with Gasteiger partial charge in [-0.15, -0.1) is 0 Å². The maximum Gasteiger partial charge on any atom is 0.230 e. The van der Waals surface area contributed by atoms with E-state index in [-0.39, 0.29) is 5.91 Å². The van der Waals surface area contributed by atoms with Gasteiger partial charge in [0.1, 0.15) is 23.3 Å². The Morgan fingerprint density at radius 1 is 0.969 bits per heavy atom. The van der Waals surface area contributed by atoms with Gasteiger partial charge in [-0.05, 0) is 37.5 Å². The van der Waals surface area contributed by atoms with Crippen LogP contribution in [-0.4, -0.2) is 47.2 Å². The maximum atomic E-state index is 13.2. The van der Waals surface area contributed by atoms with Crippen LogP contribution in [0.3, 0.4) is 0 Å². The normalized spacial score (nSPS) is 15.0. The van der Waals surface area contributed by atoms with E-state index in [0.29, 0.717) is 62.4 Å². The molecule has 0 radical (unpaired) electrons. The SMILES string of the molecule is Cc1nc(NCCNC(=O)C2(c3ccccc3)CCOCC2)cc(Nc2ccccn2)n1. The summed E-state index contributed by atoms with van der Waals surface area (Å²) in [5.74, 6) is 2.75. The van der Waals surface area contributed by atoms with Gasteiger partial charge in [-0.2, -0.15) is 0 Å². The van der Waals surface area contributed by atoms with E-state index < -0.39 is 5.41 Å². The highest BCUT2D eigenvalue weighted by Crippen LogP contribution is 2.35. The summed E-state index contributed by atoms with van der Waals surface area (Å²) in [6.45, 7) is 4.05. The van der Waals surface area contributed by atoms with Crippen LogP contribution in [-0.2, 0) is 14.9 Å². The largest absolute Gasteiger partial charge is 0.381 e. The second-order valence-electron chi connectivity index (χ2n) is 7.77. The smallest absolute Gasteiger partial charge is 0.230 e. The number of amides is 1. The molecule has 1 amide bonds. The molecule has 32 heavy (non-hydrogen) atoms. The van der Waals surface area contributed by atoms with E-state index in [9.17, 15) is 4.79 Å². The van der Waals surface area contributed by atoms with Gasteiger partial charge in [-0.1, -0.05) is 36.4 Å². The minimum atomic E-state index is -0.537. The minimum absolute atomic E-state index is 0.0465. The Bertz CT molecular complexity index is 1020. The average Bonchev–Trinajstić information content (AvgIpc) is 2.83. The highest BCUT2D eigenvalue weighted by atomic mass is 16.5. The van der Waals surface area contributed by atoms with E-state index in [1.807, 2.05) is 61.5 Å². The molecule has 1 fully saturated rings. The van der Waals surface area contributed by atoms with E-state index in [1.165, 1.54) is 0 Å². The van der Waals surface area contributed by atoms with Crippen LogP contribution in [0, 0.1) is 6.92 Å². The zero-order valence-corrected chi connectivity index (χ0v) is 18.2. The van der Waals surface area contributed by atoms with Crippen molar-refractivity contribution in [3.05, 3.63) is 72.2 Å². The fourth-order valence-electron chi connectivity index (χ4n) is 3.95. The lowest BCUT2D eigenvalue weighted by molar-refractivity contribution is -0.130. The molecule has 3 heterocycles. The minimum Gasteiger partial charge on any atom is -0.381 e. The number of aromatic nitrogens is 3. The molecular formula is C24H28N6O2. The fraction of sp³-hybridized carbons (Fsp3) is 0.333. The number of pyridine rings is 1. The van der Waals surface area contributed by atoms with E-state index in [1.54, 1.807) is 6.20 Å². The molecule has 0 bridgehead atoms. The Morgan fingerprint density at radius 2 is 1.72 bits per heavy atom. The topological polar surface area (TPSA) is 101 Å². The van der Waals surface area contributed by atoms with Gasteiger partial charge in [-0.25, -0.2) is 15.0 Å². The Hall–Kier alpha value is -3.52. The highest BCUT2D eigenvalue weighted by molar-refractivity contribution is 5.88. The van der Waals surface area contributed by atoms with Gasteiger partial charge in [0.15, 0.2) is 0 Å². The molecule has 166 valence electrons. The van der Waals surface area contributed by atoms with Gasteiger partial charge in [0.2, 0.25) is 5.91 Å². The van der Waals surface area contributed by atoms with E-state index in [0.717, 1.165) is 5.56 Å². The van der Waals surface area contributed by atoms with Gasteiger partial charge in [0.25, 0.3) is 0 Å². The van der Waals surface area contributed by atoms with Crippen molar-refractivity contribution in [3.8, 4) is 0 Å². The summed E-state index contributed by atoms with van der Waals surface area (Å²) < 4.78 is 5.53. The summed E-state index contributed by atoms with van der Waals surface area (Å²) in [6.07, 6.45) is 3.09. The molecule has 0 aliphatic carbocycles. The predicted octanol–water partition coefficient (Wildman–Crippen LogP) is 3.20. The van der Waals surface area contributed by atoms with E-state index in [2.05, 4.69) is 30.9 Å². The molecule has 0 saturated carbocycles. The molecule has 0 atom stereocenters. The number of benzene rings is 1. The standard InChI is InChI=1S/C24H28N6O2/c1-18-28-21(17-22(29-18)30-20-9-5-6-12-25-20)26-13-14-27-23(31)24(10-15-32-16-11-24)19-7-3-2-4-8-19/h2-9,12,17H,10-11,13-16H2,1H3,(H,27,31)(H2,25,26,28,29,30). The number of nitrogens with zero attached hydrogens (tertiary/aromatic N) is 3. The Labute approximate surface area is 187 Å². The van der Waals surface area contributed by atoms with Crippen LogP contribution < -0.4 is 16.0 Å². The molecule has 1 saturated heterocycles. The third-order valence-corrected chi connectivity index (χ3v) is 5.58. The van der Waals surface area contributed by atoms with Crippen molar-refractivity contribution in [1.82, 2.24) is 20.3 Å². The number of carbonyl (C=O) groups is 1. The molecule has 1 aliphatic rings. The third-order valence-electron chi connectivity index (χ3n) is 5.58. The summed E-state index contributed by atoms with van der Waals surface area (Å²) in [6, 6.07) is 17.5. The van der Waals surface area contributed by atoms with Crippen molar-refractivity contribution >= 4 is 23.4 Å². The maximum absolute atomic E-state index is 13.2. The summed E-state index contributed by atoms with van der Waals surface area (Å²) in [5.41, 5.74) is 0.510. The third kappa shape index (κ3) is 5.20. The first-order chi connectivity index (χ1) is 15.7. The second-order valence-corrected chi connectivity index (χ2v) is 7.77. The Morgan fingerprint density at radius 3 is 2.47 bits per heavy atom.